The second-order valence-electron chi connectivity index (χ2n) is 4.03. The van der Waals surface area contributed by atoms with E-state index in [4.69, 9.17) is 39.5 Å². The highest BCUT2D eigenvalue weighted by molar-refractivity contribution is 7.92. The summed E-state index contributed by atoms with van der Waals surface area (Å²) in [6.07, 6.45) is 0. The lowest BCUT2D eigenvalue weighted by molar-refractivity contribution is 0.415. The third kappa shape index (κ3) is 3.74. The Morgan fingerprint density at radius 2 is 1.52 bits per heavy atom. The van der Waals surface area contributed by atoms with Crippen molar-refractivity contribution in [2.24, 2.45) is 0 Å². The van der Waals surface area contributed by atoms with Gasteiger partial charge in [-0.2, -0.15) is 0 Å². The van der Waals surface area contributed by atoms with Gasteiger partial charge in [-0.3, -0.25) is 4.72 Å². The zero-order chi connectivity index (χ0) is 15.6. The van der Waals surface area contributed by atoms with Crippen LogP contribution in [-0.2, 0) is 10.0 Å². The van der Waals surface area contributed by atoms with E-state index in [9.17, 15) is 8.42 Å². The Kier molecular flexibility index (Phi) is 4.88. The van der Waals surface area contributed by atoms with Crippen LogP contribution < -0.4 is 9.46 Å². The summed E-state index contributed by atoms with van der Waals surface area (Å²) in [6, 6.07) is 8.90. The molecule has 1 N–H and O–H groups in total. The molecule has 4 nitrogen and oxygen atoms in total. The van der Waals surface area contributed by atoms with Gasteiger partial charge in [0.1, 0.15) is 10.6 Å². The van der Waals surface area contributed by atoms with E-state index in [1.807, 2.05) is 0 Å². The summed E-state index contributed by atoms with van der Waals surface area (Å²) >= 11 is 17.5. The van der Waals surface area contributed by atoms with Crippen molar-refractivity contribution < 1.29 is 13.2 Å². The number of methoxy groups -OCH3 is 1. The minimum atomic E-state index is -3.87. The van der Waals surface area contributed by atoms with Crippen LogP contribution in [0.1, 0.15) is 0 Å². The highest BCUT2D eigenvalue weighted by atomic mass is 35.5. The van der Waals surface area contributed by atoms with Gasteiger partial charge in [0.25, 0.3) is 10.0 Å². The molecule has 2 rings (SSSR count). The van der Waals surface area contributed by atoms with E-state index in [-0.39, 0.29) is 20.0 Å². The van der Waals surface area contributed by atoms with Gasteiger partial charge in [0.2, 0.25) is 0 Å². The first-order valence-electron chi connectivity index (χ1n) is 5.65. The Labute approximate surface area is 137 Å². The highest BCUT2D eigenvalue weighted by Crippen LogP contribution is 2.32. The average Bonchev–Trinajstić information content (AvgIpc) is 2.43. The number of rotatable bonds is 4. The predicted octanol–water partition coefficient (Wildman–Crippen LogP) is 4.46. The van der Waals surface area contributed by atoms with Gasteiger partial charge < -0.3 is 4.74 Å². The summed E-state index contributed by atoms with van der Waals surface area (Å²) in [5, 5.41) is 0.284. The molecule has 2 aromatic rings. The molecule has 0 aromatic heterocycles. The number of hydrogen-bond donors (Lipinski definition) is 1. The smallest absolute Gasteiger partial charge is 0.263 e. The number of ether oxygens (including phenoxy) is 1. The number of hydrogen-bond acceptors (Lipinski definition) is 3. The zero-order valence-electron chi connectivity index (χ0n) is 10.7. The van der Waals surface area contributed by atoms with Gasteiger partial charge in [0, 0.05) is 5.69 Å². The average molecular weight is 367 g/mol. The fourth-order valence-corrected chi connectivity index (χ4v) is 3.64. The van der Waals surface area contributed by atoms with Crippen LogP contribution >= 0.6 is 34.8 Å². The second kappa shape index (κ2) is 6.32. The van der Waals surface area contributed by atoms with E-state index in [2.05, 4.69) is 4.72 Å². The maximum atomic E-state index is 12.3. The van der Waals surface area contributed by atoms with Crippen LogP contribution in [0.2, 0.25) is 15.1 Å². The molecule has 0 unspecified atom stereocenters. The van der Waals surface area contributed by atoms with Crippen molar-refractivity contribution in [1.82, 2.24) is 0 Å². The minimum Gasteiger partial charge on any atom is -0.497 e. The summed E-state index contributed by atoms with van der Waals surface area (Å²) in [5.74, 6) is 0.616. The lowest BCUT2D eigenvalue weighted by atomic mass is 10.3. The third-order valence-corrected chi connectivity index (χ3v) is 5.17. The van der Waals surface area contributed by atoms with Crippen molar-refractivity contribution in [3.8, 4) is 5.75 Å². The molecule has 0 atom stereocenters. The highest BCUT2D eigenvalue weighted by Gasteiger charge is 2.20. The van der Waals surface area contributed by atoms with Crippen LogP contribution in [0.3, 0.4) is 0 Å². The Morgan fingerprint density at radius 3 is 2.10 bits per heavy atom. The fraction of sp³-hybridized carbons (Fsp3) is 0.0769. The monoisotopic (exact) mass is 365 g/mol. The Balaban J connectivity index is 2.35. The quantitative estimate of drug-likeness (QED) is 0.813. The van der Waals surface area contributed by atoms with Crippen LogP contribution in [0.5, 0.6) is 5.75 Å². The van der Waals surface area contributed by atoms with E-state index in [0.717, 1.165) is 0 Å². The summed E-state index contributed by atoms with van der Waals surface area (Å²) in [7, 11) is -2.35. The molecule has 0 radical (unpaired) electrons. The van der Waals surface area contributed by atoms with E-state index in [1.54, 1.807) is 24.3 Å². The molecule has 0 amide bonds. The van der Waals surface area contributed by atoms with E-state index >= 15 is 0 Å². The third-order valence-electron chi connectivity index (χ3n) is 2.61. The summed E-state index contributed by atoms with van der Waals surface area (Å²) in [6.45, 7) is 0. The maximum absolute atomic E-state index is 12.3. The first-order valence-corrected chi connectivity index (χ1v) is 8.26. The Bertz CT molecular complexity index is 761. The SMILES string of the molecule is COc1ccc(NS(=O)(=O)c2cc(Cl)c(Cl)cc2Cl)cc1. The van der Waals surface area contributed by atoms with Crippen molar-refractivity contribution in [2.75, 3.05) is 11.8 Å². The summed E-state index contributed by atoms with van der Waals surface area (Å²) in [5.41, 5.74) is 0.373. The molecule has 2 aromatic carbocycles. The minimum absolute atomic E-state index is 0.00888. The Hall–Kier alpha value is -1.14. The van der Waals surface area contributed by atoms with Crippen molar-refractivity contribution in [2.45, 2.75) is 4.90 Å². The zero-order valence-corrected chi connectivity index (χ0v) is 13.8. The fourth-order valence-electron chi connectivity index (χ4n) is 1.58. The van der Waals surface area contributed by atoms with E-state index in [0.29, 0.717) is 11.4 Å². The molecule has 0 heterocycles. The van der Waals surface area contributed by atoms with Gasteiger partial charge in [-0.15, -0.1) is 0 Å². The van der Waals surface area contributed by atoms with Gasteiger partial charge in [-0.05, 0) is 36.4 Å². The van der Waals surface area contributed by atoms with Crippen LogP contribution in [0.25, 0.3) is 0 Å². The number of halogens is 3. The topological polar surface area (TPSA) is 55.4 Å². The molecule has 21 heavy (non-hydrogen) atoms. The number of sulfonamides is 1. The van der Waals surface area contributed by atoms with Gasteiger partial charge in [-0.25, -0.2) is 8.42 Å². The van der Waals surface area contributed by atoms with Crippen molar-refractivity contribution >= 4 is 50.5 Å². The lowest BCUT2D eigenvalue weighted by Gasteiger charge is -2.11. The maximum Gasteiger partial charge on any atom is 0.263 e. The van der Waals surface area contributed by atoms with Crippen LogP contribution in [-0.4, -0.2) is 15.5 Å². The number of anilines is 1. The number of benzene rings is 2. The lowest BCUT2D eigenvalue weighted by Crippen LogP contribution is -2.13. The number of nitrogens with one attached hydrogen (secondary N) is 1. The van der Waals surface area contributed by atoms with Gasteiger partial charge in [0.05, 0.1) is 22.2 Å². The molecule has 0 aliphatic carbocycles. The Morgan fingerprint density at radius 1 is 0.952 bits per heavy atom. The molecule has 8 heteroatoms. The molecule has 0 aliphatic rings. The summed E-state index contributed by atoms with van der Waals surface area (Å²) in [4.78, 5) is -0.144. The molecular formula is C13H10Cl3NO3S. The second-order valence-corrected chi connectivity index (χ2v) is 6.90. The predicted molar refractivity (Wildman–Crippen MR) is 85.3 cm³/mol. The molecule has 0 spiro atoms. The molecule has 0 aliphatic heterocycles. The van der Waals surface area contributed by atoms with Crippen LogP contribution in [0.15, 0.2) is 41.3 Å². The normalized spacial score (nSPS) is 11.2. The van der Waals surface area contributed by atoms with Gasteiger partial charge in [-0.1, -0.05) is 34.8 Å². The van der Waals surface area contributed by atoms with Crippen molar-refractivity contribution in [1.29, 1.82) is 0 Å². The molecule has 0 fully saturated rings. The summed E-state index contributed by atoms with van der Waals surface area (Å²) < 4.78 is 32.0. The van der Waals surface area contributed by atoms with Crippen molar-refractivity contribution in [3.63, 3.8) is 0 Å². The molecule has 0 bridgehead atoms. The van der Waals surface area contributed by atoms with E-state index in [1.165, 1.54) is 19.2 Å². The van der Waals surface area contributed by atoms with Gasteiger partial charge >= 0.3 is 0 Å². The molecule has 112 valence electrons. The molecular weight excluding hydrogens is 357 g/mol. The first kappa shape index (κ1) is 16.2. The molecule has 0 saturated carbocycles. The van der Waals surface area contributed by atoms with Crippen LogP contribution in [0, 0.1) is 0 Å². The molecule has 0 saturated heterocycles. The van der Waals surface area contributed by atoms with Crippen molar-refractivity contribution in [3.05, 3.63) is 51.5 Å². The first-order chi connectivity index (χ1) is 9.83. The van der Waals surface area contributed by atoms with Gasteiger partial charge in [0.15, 0.2) is 0 Å². The van der Waals surface area contributed by atoms with E-state index < -0.39 is 10.0 Å². The standard InChI is InChI=1S/C13H10Cl3NO3S/c1-20-9-4-2-8(3-5-9)17-21(18,19)13-7-11(15)10(14)6-12(13)16/h2-7,17H,1H3. The largest absolute Gasteiger partial charge is 0.497 e. The van der Waals surface area contributed by atoms with Crippen LogP contribution in [0.4, 0.5) is 5.69 Å².